The molecule has 0 spiro atoms. The molecule has 0 unspecified atom stereocenters. The molecule has 0 saturated heterocycles. The fraction of sp³-hybridized carbons (Fsp3) is 0.500. The van der Waals surface area contributed by atoms with Crippen LogP contribution in [0.25, 0.3) is 0 Å². The maximum atomic E-state index is 2.44. The molecule has 0 aliphatic rings. The third kappa shape index (κ3) is 4.24. The van der Waals surface area contributed by atoms with Crippen molar-refractivity contribution in [3.8, 4) is 0 Å². The van der Waals surface area contributed by atoms with E-state index in [0.717, 1.165) is 0 Å². The van der Waals surface area contributed by atoms with Crippen LogP contribution >= 0.6 is 0 Å². The molecule has 2 radical (unpaired) electrons. The van der Waals surface area contributed by atoms with Gasteiger partial charge in [0, 0.05) is 8.80 Å². The second-order valence-corrected chi connectivity index (χ2v) is 9.76. The largest absolute Gasteiger partial charge is 0.0823 e. The molecular formula is C12H20Si2. The van der Waals surface area contributed by atoms with Crippen LogP contribution in [0.2, 0.25) is 31.7 Å². The smallest absolute Gasteiger partial charge is 0.0713 e. The Morgan fingerprint density at radius 2 is 1.57 bits per heavy atom. The third-order valence-electron chi connectivity index (χ3n) is 2.50. The monoisotopic (exact) mass is 220 g/mol. The Morgan fingerprint density at radius 3 is 2.14 bits per heavy atom. The fourth-order valence-corrected chi connectivity index (χ4v) is 4.57. The van der Waals surface area contributed by atoms with E-state index in [-0.39, 0.29) is 17.6 Å². The molecule has 0 saturated carbocycles. The summed E-state index contributed by atoms with van der Waals surface area (Å²) in [6.45, 7) is 7.27. The predicted octanol–water partition coefficient (Wildman–Crippen LogP) is 3.16. The maximum Gasteiger partial charge on any atom is 0.0823 e. The summed E-state index contributed by atoms with van der Waals surface area (Å²) in [6, 6.07) is 14.0. The van der Waals surface area contributed by atoms with Crippen LogP contribution in [0.3, 0.4) is 0 Å². The third-order valence-corrected chi connectivity index (χ3v) is 6.27. The van der Waals surface area contributed by atoms with E-state index in [1.54, 1.807) is 5.19 Å². The maximum absolute atomic E-state index is 2.44. The van der Waals surface area contributed by atoms with Crippen LogP contribution in [0, 0.1) is 0 Å². The summed E-state index contributed by atoms with van der Waals surface area (Å²) < 4.78 is 0. The van der Waals surface area contributed by atoms with Gasteiger partial charge < -0.3 is 0 Å². The lowest BCUT2D eigenvalue weighted by Crippen LogP contribution is -2.25. The quantitative estimate of drug-likeness (QED) is 0.669. The molecule has 1 aromatic carbocycles. The second-order valence-electron chi connectivity index (χ2n) is 4.21. The zero-order chi connectivity index (χ0) is 10.4. The van der Waals surface area contributed by atoms with Crippen molar-refractivity contribution in [3.05, 3.63) is 30.3 Å². The normalized spacial score (nSPS) is 11.2. The highest BCUT2D eigenvalue weighted by Gasteiger charge is 2.07. The lowest BCUT2D eigenvalue weighted by atomic mass is 10.4. The molecule has 0 bridgehead atoms. The van der Waals surface area contributed by atoms with Crippen molar-refractivity contribution in [2.24, 2.45) is 0 Å². The van der Waals surface area contributed by atoms with E-state index in [1.807, 2.05) is 0 Å². The molecule has 1 rings (SSSR count). The molecule has 76 valence electrons. The van der Waals surface area contributed by atoms with Gasteiger partial charge in [-0.25, -0.2) is 0 Å². The SMILES string of the molecule is C[Si](C)CCC[Si](C)c1ccccc1. The Morgan fingerprint density at radius 1 is 0.929 bits per heavy atom. The molecule has 0 heterocycles. The summed E-state index contributed by atoms with van der Waals surface area (Å²) in [5.74, 6) is 0. The Balaban J connectivity index is 2.32. The Kier molecular flexibility index (Phi) is 5.19. The van der Waals surface area contributed by atoms with Gasteiger partial charge in [0.25, 0.3) is 0 Å². The van der Waals surface area contributed by atoms with Crippen molar-refractivity contribution in [1.29, 1.82) is 0 Å². The van der Waals surface area contributed by atoms with Gasteiger partial charge >= 0.3 is 0 Å². The predicted molar refractivity (Wildman–Crippen MR) is 69.4 cm³/mol. The number of hydrogen-bond donors (Lipinski definition) is 0. The van der Waals surface area contributed by atoms with Gasteiger partial charge in [-0.05, 0) is 0 Å². The highest BCUT2D eigenvalue weighted by molar-refractivity contribution is 6.72. The van der Waals surface area contributed by atoms with Gasteiger partial charge in [-0.15, -0.1) is 0 Å². The van der Waals surface area contributed by atoms with Crippen molar-refractivity contribution < 1.29 is 0 Å². The van der Waals surface area contributed by atoms with Crippen molar-refractivity contribution in [1.82, 2.24) is 0 Å². The van der Waals surface area contributed by atoms with Crippen molar-refractivity contribution >= 4 is 22.8 Å². The van der Waals surface area contributed by atoms with E-state index < -0.39 is 0 Å². The number of benzene rings is 1. The van der Waals surface area contributed by atoms with Crippen LogP contribution in [0.5, 0.6) is 0 Å². The summed E-state index contributed by atoms with van der Waals surface area (Å²) in [4.78, 5) is 0. The number of rotatable bonds is 5. The van der Waals surface area contributed by atoms with Crippen LogP contribution in [0.4, 0.5) is 0 Å². The van der Waals surface area contributed by atoms with Crippen LogP contribution < -0.4 is 5.19 Å². The zero-order valence-corrected chi connectivity index (χ0v) is 11.5. The highest BCUT2D eigenvalue weighted by atomic mass is 28.3. The summed E-state index contributed by atoms with van der Waals surface area (Å²) in [5, 5.41) is 1.60. The molecule has 1 aromatic rings. The van der Waals surface area contributed by atoms with E-state index in [4.69, 9.17) is 0 Å². The van der Waals surface area contributed by atoms with E-state index in [0.29, 0.717) is 0 Å². The van der Waals surface area contributed by atoms with Gasteiger partial charge in [0.2, 0.25) is 0 Å². The minimum absolute atomic E-state index is 0.00463. The van der Waals surface area contributed by atoms with Gasteiger partial charge in [0.15, 0.2) is 0 Å². The molecular weight excluding hydrogens is 200 g/mol. The average molecular weight is 220 g/mol. The molecule has 0 nitrogen and oxygen atoms in total. The minimum Gasteiger partial charge on any atom is -0.0713 e. The second kappa shape index (κ2) is 6.20. The molecule has 0 fully saturated rings. The molecule has 14 heavy (non-hydrogen) atoms. The summed E-state index contributed by atoms with van der Waals surface area (Å²) in [7, 11) is -0.242. The Labute approximate surface area is 91.6 Å². The summed E-state index contributed by atoms with van der Waals surface area (Å²) in [6.07, 6.45) is 1.45. The first-order chi connectivity index (χ1) is 6.70. The molecule has 0 N–H and O–H groups in total. The first-order valence-electron chi connectivity index (χ1n) is 5.37. The zero-order valence-electron chi connectivity index (χ0n) is 9.51. The first kappa shape index (κ1) is 11.7. The topological polar surface area (TPSA) is 0 Å². The highest BCUT2D eigenvalue weighted by Crippen LogP contribution is 2.05. The average Bonchev–Trinajstić information content (AvgIpc) is 2.18. The summed E-state index contributed by atoms with van der Waals surface area (Å²) >= 11 is 0. The van der Waals surface area contributed by atoms with E-state index in [1.165, 1.54) is 18.5 Å². The molecule has 0 amide bonds. The minimum atomic E-state index is -0.247. The van der Waals surface area contributed by atoms with Gasteiger partial charge in [0.05, 0.1) is 8.80 Å². The van der Waals surface area contributed by atoms with Crippen LogP contribution in [-0.2, 0) is 0 Å². The van der Waals surface area contributed by atoms with E-state index in [2.05, 4.69) is 50.0 Å². The first-order valence-corrected chi connectivity index (χ1v) is 10.3. The fourth-order valence-electron chi connectivity index (χ4n) is 1.57. The molecule has 0 aliphatic carbocycles. The number of hydrogen-bond acceptors (Lipinski definition) is 0. The van der Waals surface area contributed by atoms with Gasteiger partial charge in [0.1, 0.15) is 0 Å². The van der Waals surface area contributed by atoms with Crippen LogP contribution in [-0.4, -0.2) is 17.6 Å². The standard InChI is InChI=1S/C12H20Si2/c1-13(2)10-7-11-14(3)12-8-5-4-6-9-12/h4-6,8-9H,7,10-11H2,1-3H3. The molecule has 0 aromatic heterocycles. The Bertz CT molecular complexity index is 244. The lowest BCUT2D eigenvalue weighted by molar-refractivity contribution is 1.04. The lowest BCUT2D eigenvalue weighted by Gasteiger charge is -2.10. The van der Waals surface area contributed by atoms with Crippen molar-refractivity contribution in [2.45, 2.75) is 38.2 Å². The molecule has 0 atom stereocenters. The van der Waals surface area contributed by atoms with Crippen LogP contribution in [0.15, 0.2) is 30.3 Å². The Hall–Kier alpha value is -0.346. The van der Waals surface area contributed by atoms with Gasteiger partial charge in [-0.3, -0.25) is 0 Å². The van der Waals surface area contributed by atoms with Gasteiger partial charge in [-0.2, -0.15) is 0 Å². The van der Waals surface area contributed by atoms with E-state index in [9.17, 15) is 0 Å². The van der Waals surface area contributed by atoms with E-state index >= 15 is 0 Å². The molecule has 2 heteroatoms. The molecule has 0 aliphatic heterocycles. The van der Waals surface area contributed by atoms with Crippen molar-refractivity contribution in [2.75, 3.05) is 0 Å². The van der Waals surface area contributed by atoms with Crippen molar-refractivity contribution in [3.63, 3.8) is 0 Å². The van der Waals surface area contributed by atoms with Crippen LogP contribution in [0.1, 0.15) is 6.42 Å². The van der Waals surface area contributed by atoms with Gasteiger partial charge in [-0.1, -0.05) is 73.7 Å². The summed E-state index contributed by atoms with van der Waals surface area (Å²) in [5.41, 5.74) is 0.